The van der Waals surface area contributed by atoms with Crippen molar-refractivity contribution in [3.8, 4) is 16.9 Å². The molecule has 0 saturated carbocycles. The van der Waals surface area contributed by atoms with Gasteiger partial charge in [-0.05, 0) is 48.7 Å². The third-order valence-corrected chi connectivity index (χ3v) is 3.52. The third kappa shape index (κ3) is 4.53. The summed E-state index contributed by atoms with van der Waals surface area (Å²) in [6.07, 6.45) is 0.650. The molecule has 0 heterocycles. The van der Waals surface area contributed by atoms with Gasteiger partial charge >= 0.3 is 0 Å². The van der Waals surface area contributed by atoms with Gasteiger partial charge in [0.1, 0.15) is 11.6 Å². The lowest BCUT2D eigenvalue weighted by Crippen LogP contribution is -2.29. The van der Waals surface area contributed by atoms with Crippen LogP contribution in [-0.4, -0.2) is 25.6 Å². The second kappa shape index (κ2) is 7.74. The number of benzene rings is 2. The molecule has 0 saturated heterocycles. The molecule has 0 aliphatic rings. The number of methoxy groups -OCH3 is 1. The fourth-order valence-electron chi connectivity index (χ4n) is 2.17. The minimum Gasteiger partial charge on any atom is -0.497 e. The number of nitrogens with one attached hydrogen (secondary N) is 1. The zero-order chi connectivity index (χ0) is 16.8. The Hall–Kier alpha value is -2.40. The van der Waals surface area contributed by atoms with Crippen molar-refractivity contribution < 1.29 is 13.9 Å². The number of carbonyl (C=O) groups excluding carboxylic acids is 1. The maximum atomic E-state index is 14.2. The average Bonchev–Trinajstić information content (AvgIpc) is 2.54. The van der Waals surface area contributed by atoms with Crippen LogP contribution < -0.4 is 15.8 Å². The van der Waals surface area contributed by atoms with Crippen molar-refractivity contribution >= 4 is 5.91 Å². The minimum absolute atomic E-state index is 0.00223. The lowest BCUT2D eigenvalue weighted by molar-refractivity contribution is 0.0949. The number of ether oxygens (including phenoxy) is 1. The zero-order valence-electron chi connectivity index (χ0n) is 13.3. The average molecular weight is 316 g/mol. The van der Waals surface area contributed by atoms with Crippen molar-refractivity contribution in [2.75, 3.05) is 13.7 Å². The molecule has 5 heteroatoms. The highest BCUT2D eigenvalue weighted by atomic mass is 19.1. The van der Waals surface area contributed by atoms with Gasteiger partial charge in [-0.3, -0.25) is 4.79 Å². The predicted molar refractivity (Wildman–Crippen MR) is 89.0 cm³/mol. The van der Waals surface area contributed by atoms with Crippen LogP contribution in [0.1, 0.15) is 23.7 Å². The Morgan fingerprint density at radius 2 is 1.87 bits per heavy atom. The standard InChI is InChI=1S/C18H21FN2O2/c1-12(20)9-10-21-18(22)16-8-5-14(11-17(16)19)13-3-6-15(23-2)7-4-13/h3-8,11-12H,9-10,20H2,1-2H3,(H,21,22). The molecular formula is C18H21FN2O2. The second-order valence-corrected chi connectivity index (χ2v) is 5.44. The Bertz CT molecular complexity index is 669. The molecule has 0 aliphatic carbocycles. The summed E-state index contributed by atoms with van der Waals surface area (Å²) in [7, 11) is 1.59. The molecule has 4 nitrogen and oxygen atoms in total. The largest absolute Gasteiger partial charge is 0.497 e. The zero-order valence-corrected chi connectivity index (χ0v) is 13.3. The lowest BCUT2D eigenvalue weighted by Gasteiger charge is -2.09. The van der Waals surface area contributed by atoms with Gasteiger partial charge in [0.15, 0.2) is 0 Å². The SMILES string of the molecule is COc1ccc(-c2ccc(C(=O)NCCC(C)N)c(F)c2)cc1. The third-order valence-electron chi connectivity index (χ3n) is 3.52. The van der Waals surface area contributed by atoms with Crippen molar-refractivity contribution in [1.29, 1.82) is 0 Å². The van der Waals surface area contributed by atoms with Crippen LogP contribution in [0, 0.1) is 5.82 Å². The van der Waals surface area contributed by atoms with E-state index < -0.39 is 11.7 Å². The molecule has 0 radical (unpaired) electrons. The molecule has 0 bridgehead atoms. The van der Waals surface area contributed by atoms with Crippen LogP contribution in [0.15, 0.2) is 42.5 Å². The second-order valence-electron chi connectivity index (χ2n) is 5.44. The fourth-order valence-corrected chi connectivity index (χ4v) is 2.17. The summed E-state index contributed by atoms with van der Waals surface area (Å²) >= 11 is 0. The quantitative estimate of drug-likeness (QED) is 0.861. The van der Waals surface area contributed by atoms with Crippen molar-refractivity contribution in [3.63, 3.8) is 0 Å². The summed E-state index contributed by atoms with van der Waals surface area (Å²) in [5.41, 5.74) is 7.21. The summed E-state index contributed by atoms with van der Waals surface area (Å²) in [5, 5.41) is 2.67. The molecule has 2 aromatic carbocycles. The first-order valence-corrected chi connectivity index (χ1v) is 7.49. The molecule has 3 N–H and O–H groups in total. The van der Waals surface area contributed by atoms with Gasteiger partial charge in [0.2, 0.25) is 0 Å². The molecule has 2 rings (SSSR count). The Balaban J connectivity index is 2.11. The first-order valence-electron chi connectivity index (χ1n) is 7.49. The van der Waals surface area contributed by atoms with E-state index in [4.69, 9.17) is 10.5 Å². The van der Waals surface area contributed by atoms with Gasteiger partial charge < -0.3 is 15.8 Å². The topological polar surface area (TPSA) is 64.3 Å². The molecular weight excluding hydrogens is 295 g/mol. The highest BCUT2D eigenvalue weighted by Gasteiger charge is 2.12. The van der Waals surface area contributed by atoms with Crippen molar-refractivity contribution in [3.05, 3.63) is 53.8 Å². The van der Waals surface area contributed by atoms with Crippen molar-refractivity contribution in [2.24, 2.45) is 5.73 Å². The molecule has 122 valence electrons. The highest BCUT2D eigenvalue weighted by molar-refractivity contribution is 5.95. The molecule has 2 aromatic rings. The minimum atomic E-state index is -0.545. The summed E-state index contributed by atoms with van der Waals surface area (Å²) in [4.78, 5) is 12.0. The van der Waals surface area contributed by atoms with Crippen LogP contribution in [-0.2, 0) is 0 Å². The number of carbonyl (C=O) groups is 1. The molecule has 0 aliphatic heterocycles. The molecule has 0 spiro atoms. The lowest BCUT2D eigenvalue weighted by atomic mass is 10.0. The van der Waals surface area contributed by atoms with E-state index in [9.17, 15) is 9.18 Å². The first-order chi connectivity index (χ1) is 11.0. The maximum Gasteiger partial charge on any atom is 0.254 e. The summed E-state index contributed by atoms with van der Waals surface area (Å²) < 4.78 is 19.3. The van der Waals surface area contributed by atoms with Gasteiger partial charge in [0.25, 0.3) is 5.91 Å². The van der Waals surface area contributed by atoms with Crippen LogP contribution in [0.4, 0.5) is 4.39 Å². The Morgan fingerprint density at radius 1 is 1.22 bits per heavy atom. The van der Waals surface area contributed by atoms with Gasteiger partial charge in [-0.1, -0.05) is 18.2 Å². The monoisotopic (exact) mass is 316 g/mol. The fraction of sp³-hybridized carbons (Fsp3) is 0.278. The van der Waals surface area contributed by atoms with E-state index in [2.05, 4.69) is 5.32 Å². The molecule has 0 aromatic heterocycles. The number of halogens is 1. The number of nitrogens with two attached hydrogens (primary N) is 1. The maximum absolute atomic E-state index is 14.2. The number of hydrogen-bond acceptors (Lipinski definition) is 3. The van der Waals surface area contributed by atoms with Crippen molar-refractivity contribution in [1.82, 2.24) is 5.32 Å². The van der Waals surface area contributed by atoms with Crippen LogP contribution in [0.5, 0.6) is 5.75 Å². The first kappa shape index (κ1) is 17.0. The van der Waals surface area contributed by atoms with E-state index in [-0.39, 0.29) is 11.6 Å². The van der Waals surface area contributed by atoms with Crippen LogP contribution in [0.2, 0.25) is 0 Å². The van der Waals surface area contributed by atoms with Crippen LogP contribution >= 0.6 is 0 Å². The van der Waals surface area contributed by atoms with Gasteiger partial charge in [-0.2, -0.15) is 0 Å². The Labute approximate surface area is 135 Å². The molecule has 23 heavy (non-hydrogen) atoms. The number of amides is 1. The van der Waals surface area contributed by atoms with E-state index in [0.29, 0.717) is 18.5 Å². The summed E-state index contributed by atoms with van der Waals surface area (Å²) in [6.45, 7) is 2.28. The van der Waals surface area contributed by atoms with Gasteiger partial charge in [-0.15, -0.1) is 0 Å². The van der Waals surface area contributed by atoms with Gasteiger partial charge in [0, 0.05) is 12.6 Å². The number of hydrogen-bond donors (Lipinski definition) is 2. The van der Waals surface area contributed by atoms with E-state index in [1.54, 1.807) is 13.2 Å². The predicted octanol–water partition coefficient (Wildman–Crippen LogP) is 2.97. The molecule has 1 amide bonds. The smallest absolute Gasteiger partial charge is 0.254 e. The van der Waals surface area contributed by atoms with Gasteiger partial charge in [-0.25, -0.2) is 4.39 Å². The highest BCUT2D eigenvalue weighted by Crippen LogP contribution is 2.24. The van der Waals surface area contributed by atoms with E-state index in [1.807, 2.05) is 31.2 Å². The number of rotatable bonds is 6. The summed E-state index contributed by atoms with van der Waals surface area (Å²) in [5.74, 6) is -0.236. The van der Waals surface area contributed by atoms with E-state index >= 15 is 0 Å². The van der Waals surface area contributed by atoms with E-state index in [0.717, 1.165) is 11.3 Å². The molecule has 1 atom stereocenters. The normalized spacial score (nSPS) is 11.8. The van der Waals surface area contributed by atoms with Crippen molar-refractivity contribution in [2.45, 2.75) is 19.4 Å². The molecule has 0 fully saturated rings. The van der Waals surface area contributed by atoms with Crippen LogP contribution in [0.3, 0.4) is 0 Å². The van der Waals surface area contributed by atoms with E-state index in [1.165, 1.54) is 12.1 Å². The van der Waals surface area contributed by atoms with Crippen LogP contribution in [0.25, 0.3) is 11.1 Å². The Kier molecular flexibility index (Phi) is 5.71. The Morgan fingerprint density at radius 3 is 2.43 bits per heavy atom. The van der Waals surface area contributed by atoms with Gasteiger partial charge in [0.05, 0.1) is 12.7 Å². The summed E-state index contributed by atoms with van der Waals surface area (Å²) in [6, 6.07) is 11.9. The molecule has 1 unspecified atom stereocenters.